The highest BCUT2D eigenvalue weighted by Gasteiger charge is 2.40. The van der Waals surface area contributed by atoms with Crippen molar-refractivity contribution in [1.29, 1.82) is 0 Å². The predicted octanol–water partition coefficient (Wildman–Crippen LogP) is 4.36. The molecular weight excluding hydrogens is 290 g/mol. The predicted molar refractivity (Wildman–Crippen MR) is 91.9 cm³/mol. The number of hydrogen-bond donors (Lipinski definition) is 1. The van der Waals surface area contributed by atoms with Gasteiger partial charge in [-0.15, -0.1) is 11.8 Å². The van der Waals surface area contributed by atoms with E-state index >= 15 is 0 Å². The summed E-state index contributed by atoms with van der Waals surface area (Å²) in [5.41, 5.74) is 1.08. The molecule has 1 amide bonds. The van der Waals surface area contributed by atoms with E-state index in [1.165, 1.54) is 12.0 Å². The van der Waals surface area contributed by atoms with Crippen LogP contribution in [0.3, 0.4) is 0 Å². The molecule has 0 spiro atoms. The zero-order chi connectivity index (χ0) is 15.4. The van der Waals surface area contributed by atoms with Crippen LogP contribution in [0.25, 0.3) is 0 Å². The van der Waals surface area contributed by atoms with E-state index in [0.717, 1.165) is 17.7 Å². The summed E-state index contributed by atoms with van der Waals surface area (Å²) in [4.78, 5) is 13.7. The van der Waals surface area contributed by atoms with Gasteiger partial charge >= 0.3 is 0 Å². The molecule has 1 aliphatic carbocycles. The van der Waals surface area contributed by atoms with Gasteiger partial charge in [0.2, 0.25) is 5.91 Å². The molecule has 1 fully saturated rings. The Morgan fingerprint density at radius 3 is 2.18 bits per heavy atom. The first-order valence-corrected chi connectivity index (χ1v) is 8.67. The fourth-order valence-corrected chi connectivity index (χ4v) is 3.76. The average Bonchev–Trinajstić information content (AvgIpc) is 2.52. The number of hydrogen-bond acceptors (Lipinski definition) is 2. The molecule has 22 heavy (non-hydrogen) atoms. The van der Waals surface area contributed by atoms with Crippen LogP contribution >= 0.6 is 11.8 Å². The highest BCUT2D eigenvalue weighted by Crippen LogP contribution is 2.41. The van der Waals surface area contributed by atoms with Crippen molar-refractivity contribution in [3.8, 4) is 0 Å². The van der Waals surface area contributed by atoms with Crippen molar-refractivity contribution in [2.45, 2.75) is 41.9 Å². The van der Waals surface area contributed by atoms with Crippen LogP contribution in [0.15, 0.2) is 65.6 Å². The normalized spacial score (nSPS) is 17.3. The molecule has 1 atom stereocenters. The van der Waals surface area contributed by atoms with Crippen molar-refractivity contribution in [3.05, 3.63) is 66.2 Å². The van der Waals surface area contributed by atoms with Gasteiger partial charge in [-0.2, -0.15) is 0 Å². The van der Waals surface area contributed by atoms with Crippen LogP contribution in [-0.4, -0.2) is 11.2 Å². The first-order chi connectivity index (χ1) is 10.7. The Hall–Kier alpha value is -1.74. The third-order valence-electron chi connectivity index (χ3n) is 4.32. The summed E-state index contributed by atoms with van der Waals surface area (Å²) in [6, 6.07) is 20.4. The molecule has 0 aromatic heterocycles. The topological polar surface area (TPSA) is 29.1 Å². The summed E-state index contributed by atoms with van der Waals surface area (Å²) in [5.74, 6) is 0.123. The van der Waals surface area contributed by atoms with Crippen LogP contribution in [0.4, 0.5) is 0 Å². The number of thioether (sulfide) groups is 1. The fraction of sp³-hybridized carbons (Fsp3) is 0.316. The molecule has 1 saturated carbocycles. The molecule has 2 aromatic rings. The lowest BCUT2D eigenvalue weighted by Crippen LogP contribution is -2.52. The second-order valence-electron chi connectivity index (χ2n) is 5.86. The van der Waals surface area contributed by atoms with Gasteiger partial charge in [-0.05, 0) is 43.9 Å². The summed E-state index contributed by atoms with van der Waals surface area (Å²) in [5, 5.41) is 3.21. The van der Waals surface area contributed by atoms with Gasteiger partial charge < -0.3 is 5.32 Å². The first-order valence-electron chi connectivity index (χ1n) is 7.79. The molecule has 3 heteroatoms. The molecule has 0 heterocycles. The van der Waals surface area contributed by atoms with Gasteiger partial charge in [0.15, 0.2) is 0 Å². The molecule has 0 aliphatic heterocycles. The number of carbonyl (C=O) groups is 1. The fourth-order valence-electron chi connectivity index (χ4n) is 2.87. The standard InChI is InChI=1S/C19H21NOS/c1-15(22-17-11-6-3-7-12-17)18(21)20-19(13-8-14-19)16-9-4-2-5-10-16/h2-7,9-12,15H,8,13-14H2,1H3,(H,20,21). The molecular formula is C19H21NOS. The van der Waals surface area contributed by atoms with Crippen LogP contribution in [0.1, 0.15) is 31.7 Å². The van der Waals surface area contributed by atoms with E-state index in [4.69, 9.17) is 0 Å². The highest BCUT2D eigenvalue weighted by atomic mass is 32.2. The van der Waals surface area contributed by atoms with Gasteiger partial charge in [0, 0.05) is 4.90 Å². The molecule has 114 valence electrons. The van der Waals surface area contributed by atoms with Crippen molar-refractivity contribution in [2.24, 2.45) is 0 Å². The van der Waals surface area contributed by atoms with Gasteiger partial charge in [-0.25, -0.2) is 0 Å². The number of rotatable bonds is 5. The van der Waals surface area contributed by atoms with Crippen LogP contribution in [0.5, 0.6) is 0 Å². The third-order valence-corrected chi connectivity index (χ3v) is 5.43. The van der Waals surface area contributed by atoms with Gasteiger partial charge in [0.25, 0.3) is 0 Å². The van der Waals surface area contributed by atoms with Crippen molar-refractivity contribution in [3.63, 3.8) is 0 Å². The van der Waals surface area contributed by atoms with Crippen molar-refractivity contribution in [1.82, 2.24) is 5.32 Å². The summed E-state index contributed by atoms with van der Waals surface area (Å²) >= 11 is 1.61. The molecule has 1 unspecified atom stereocenters. The zero-order valence-electron chi connectivity index (χ0n) is 12.8. The van der Waals surface area contributed by atoms with Crippen molar-refractivity contribution >= 4 is 17.7 Å². The number of carbonyl (C=O) groups excluding carboxylic acids is 1. The summed E-state index contributed by atoms with van der Waals surface area (Å²) < 4.78 is 0. The number of amides is 1. The molecule has 2 nitrogen and oxygen atoms in total. The van der Waals surface area contributed by atoms with Crippen molar-refractivity contribution in [2.75, 3.05) is 0 Å². The van der Waals surface area contributed by atoms with E-state index in [2.05, 4.69) is 17.4 Å². The lowest BCUT2D eigenvalue weighted by molar-refractivity contribution is -0.123. The maximum absolute atomic E-state index is 12.6. The Balaban J connectivity index is 1.67. The van der Waals surface area contributed by atoms with E-state index < -0.39 is 0 Å². The van der Waals surface area contributed by atoms with Crippen LogP contribution < -0.4 is 5.32 Å². The lowest BCUT2D eigenvalue weighted by Gasteiger charge is -2.43. The molecule has 0 bridgehead atoms. The maximum Gasteiger partial charge on any atom is 0.233 e. The minimum absolute atomic E-state index is 0.0939. The molecule has 1 aliphatic rings. The Kier molecular flexibility index (Phi) is 4.53. The Bertz CT molecular complexity index is 622. The average molecular weight is 311 g/mol. The Labute approximate surface area is 136 Å². The minimum Gasteiger partial charge on any atom is -0.346 e. The first kappa shape index (κ1) is 15.2. The second-order valence-corrected chi connectivity index (χ2v) is 7.28. The zero-order valence-corrected chi connectivity index (χ0v) is 13.6. The summed E-state index contributed by atoms with van der Waals surface area (Å²) in [7, 11) is 0. The van der Waals surface area contributed by atoms with Gasteiger partial charge in [0.05, 0.1) is 10.8 Å². The Morgan fingerprint density at radius 1 is 1.05 bits per heavy atom. The molecule has 0 saturated heterocycles. The number of benzene rings is 2. The molecule has 3 rings (SSSR count). The smallest absolute Gasteiger partial charge is 0.233 e. The van der Waals surface area contributed by atoms with E-state index in [9.17, 15) is 4.79 Å². The third kappa shape index (κ3) is 3.20. The SMILES string of the molecule is CC(Sc1ccccc1)C(=O)NC1(c2ccccc2)CCC1. The van der Waals surface area contributed by atoms with Crippen LogP contribution in [0, 0.1) is 0 Å². The van der Waals surface area contributed by atoms with Crippen LogP contribution in [0.2, 0.25) is 0 Å². The van der Waals surface area contributed by atoms with Crippen LogP contribution in [-0.2, 0) is 10.3 Å². The summed E-state index contributed by atoms with van der Waals surface area (Å²) in [6.45, 7) is 1.98. The second kappa shape index (κ2) is 6.57. The van der Waals surface area contributed by atoms with Gasteiger partial charge in [-0.1, -0.05) is 48.5 Å². The van der Waals surface area contributed by atoms with E-state index in [-0.39, 0.29) is 16.7 Å². The number of nitrogens with one attached hydrogen (secondary N) is 1. The van der Waals surface area contributed by atoms with E-state index in [1.807, 2.05) is 55.5 Å². The van der Waals surface area contributed by atoms with E-state index in [0.29, 0.717) is 0 Å². The van der Waals surface area contributed by atoms with Crippen molar-refractivity contribution < 1.29 is 4.79 Å². The van der Waals surface area contributed by atoms with E-state index in [1.54, 1.807) is 11.8 Å². The molecule has 1 N–H and O–H groups in total. The summed E-state index contributed by atoms with van der Waals surface area (Å²) in [6.07, 6.45) is 3.24. The minimum atomic E-state index is -0.149. The molecule has 2 aromatic carbocycles. The monoisotopic (exact) mass is 311 g/mol. The quantitative estimate of drug-likeness (QED) is 0.831. The maximum atomic E-state index is 12.6. The largest absolute Gasteiger partial charge is 0.346 e. The Morgan fingerprint density at radius 2 is 1.64 bits per heavy atom. The lowest BCUT2D eigenvalue weighted by atomic mass is 9.71. The highest BCUT2D eigenvalue weighted by molar-refractivity contribution is 8.00. The van der Waals surface area contributed by atoms with Gasteiger partial charge in [-0.3, -0.25) is 4.79 Å². The van der Waals surface area contributed by atoms with Gasteiger partial charge in [0.1, 0.15) is 0 Å². The molecule has 0 radical (unpaired) electrons.